The van der Waals surface area contributed by atoms with Gasteiger partial charge in [-0.15, -0.1) is 0 Å². The Morgan fingerprint density at radius 3 is 2.47 bits per heavy atom. The van der Waals surface area contributed by atoms with Crippen molar-refractivity contribution in [1.82, 2.24) is 0 Å². The highest BCUT2D eigenvalue weighted by atomic mass is 16.5. The Bertz CT molecular complexity index is 195. The fourth-order valence-corrected chi connectivity index (χ4v) is 0.796. The number of hydrazone groups is 1. The minimum absolute atomic E-state index is 0.349. The first-order chi connectivity index (χ1) is 7.35. The lowest BCUT2D eigenvalue weighted by molar-refractivity contribution is 0.0336. The first-order valence-electron chi connectivity index (χ1n) is 4.68. The van der Waals surface area contributed by atoms with Crippen molar-refractivity contribution in [2.75, 3.05) is 47.2 Å². The summed E-state index contributed by atoms with van der Waals surface area (Å²) < 4.78 is 15.3. The fraction of sp³-hybridized carbons (Fsp3) is 0.778. The molecule has 0 aliphatic heterocycles. The zero-order chi connectivity index (χ0) is 11.4. The second-order valence-corrected chi connectivity index (χ2v) is 2.67. The number of aliphatic imine (C=N–C) groups is 1. The van der Waals surface area contributed by atoms with E-state index in [0.29, 0.717) is 38.7 Å². The van der Waals surface area contributed by atoms with Crippen LogP contribution in [0.4, 0.5) is 0 Å². The van der Waals surface area contributed by atoms with Gasteiger partial charge in [0.2, 0.25) is 0 Å². The third-order valence-corrected chi connectivity index (χ3v) is 1.50. The monoisotopic (exact) mass is 217 g/mol. The van der Waals surface area contributed by atoms with Crippen LogP contribution in [-0.4, -0.2) is 59.1 Å². The summed E-state index contributed by atoms with van der Waals surface area (Å²) in [4.78, 5) is 3.78. The Hall–Kier alpha value is -0.980. The molecule has 0 heterocycles. The highest BCUT2D eigenvalue weighted by Crippen LogP contribution is 1.81. The lowest BCUT2D eigenvalue weighted by atomic mass is 10.4. The predicted octanol–water partition coefficient (Wildman–Crippen LogP) is -0.319. The third-order valence-electron chi connectivity index (χ3n) is 1.50. The average molecular weight is 217 g/mol. The molecule has 2 N–H and O–H groups in total. The van der Waals surface area contributed by atoms with Gasteiger partial charge in [-0.25, -0.2) is 0 Å². The van der Waals surface area contributed by atoms with Crippen LogP contribution in [0.1, 0.15) is 0 Å². The van der Waals surface area contributed by atoms with Crippen LogP contribution in [0.15, 0.2) is 10.1 Å². The molecule has 6 nitrogen and oxygen atoms in total. The summed E-state index contributed by atoms with van der Waals surface area (Å²) in [5.41, 5.74) is 0.606. The van der Waals surface area contributed by atoms with Gasteiger partial charge in [-0.05, 0) is 0 Å². The Balaban J connectivity index is 3.30. The number of nitrogens with zero attached hydrogens (tertiary/aromatic N) is 2. The number of ether oxygens (including phenoxy) is 3. The quantitative estimate of drug-likeness (QED) is 0.248. The summed E-state index contributed by atoms with van der Waals surface area (Å²) in [7, 11) is 3.28. The van der Waals surface area contributed by atoms with Crippen molar-refractivity contribution in [2.24, 2.45) is 15.9 Å². The maximum atomic E-state index is 5.25. The van der Waals surface area contributed by atoms with E-state index in [-0.39, 0.29) is 0 Å². The van der Waals surface area contributed by atoms with Gasteiger partial charge in [0.1, 0.15) is 5.71 Å². The molecule has 0 atom stereocenters. The second kappa shape index (κ2) is 11.1. The number of nitrogens with two attached hydrogens (primary N) is 1. The summed E-state index contributed by atoms with van der Waals surface area (Å²) in [5, 5.41) is 3.51. The summed E-state index contributed by atoms with van der Waals surface area (Å²) in [6, 6.07) is 0. The van der Waals surface area contributed by atoms with Crippen LogP contribution in [-0.2, 0) is 14.2 Å². The highest BCUT2D eigenvalue weighted by Gasteiger charge is 1.95. The average Bonchev–Trinajstić information content (AvgIpc) is 2.26. The van der Waals surface area contributed by atoms with E-state index in [1.54, 1.807) is 20.4 Å². The Morgan fingerprint density at radius 2 is 1.87 bits per heavy atom. The first-order valence-corrected chi connectivity index (χ1v) is 4.68. The maximum Gasteiger partial charge on any atom is 0.103 e. The maximum absolute atomic E-state index is 5.25. The molecule has 0 radical (unpaired) electrons. The molecule has 15 heavy (non-hydrogen) atoms. The Kier molecular flexibility index (Phi) is 10.4. The van der Waals surface area contributed by atoms with Crippen LogP contribution in [0, 0.1) is 0 Å². The van der Waals surface area contributed by atoms with Gasteiger partial charge >= 0.3 is 0 Å². The van der Waals surface area contributed by atoms with Gasteiger partial charge in [0.25, 0.3) is 0 Å². The third kappa shape index (κ3) is 9.33. The second-order valence-electron chi connectivity index (χ2n) is 2.67. The first kappa shape index (κ1) is 14.0. The summed E-state index contributed by atoms with van der Waals surface area (Å²) >= 11 is 0. The number of hydrogen-bond donors (Lipinski definition) is 1. The van der Waals surface area contributed by atoms with E-state index < -0.39 is 0 Å². The van der Waals surface area contributed by atoms with Crippen molar-refractivity contribution < 1.29 is 14.2 Å². The zero-order valence-electron chi connectivity index (χ0n) is 9.31. The lowest BCUT2D eigenvalue weighted by Gasteiger charge is -2.04. The molecule has 6 heteroatoms. The number of rotatable bonds is 9. The fourth-order valence-electron chi connectivity index (χ4n) is 0.796. The molecule has 0 rings (SSSR count). The van der Waals surface area contributed by atoms with Gasteiger partial charge in [-0.3, -0.25) is 4.99 Å². The van der Waals surface area contributed by atoms with Crippen LogP contribution >= 0.6 is 0 Å². The molecule has 0 fully saturated rings. The van der Waals surface area contributed by atoms with Crippen LogP contribution in [0.5, 0.6) is 0 Å². The molecule has 0 unspecified atom stereocenters. The van der Waals surface area contributed by atoms with Crippen molar-refractivity contribution in [1.29, 1.82) is 0 Å². The van der Waals surface area contributed by atoms with Crippen LogP contribution in [0.25, 0.3) is 0 Å². The molecule has 0 spiro atoms. The molecule has 0 bridgehead atoms. The molecule has 0 aromatic rings. The van der Waals surface area contributed by atoms with Crippen molar-refractivity contribution in [3.63, 3.8) is 0 Å². The zero-order valence-corrected chi connectivity index (χ0v) is 9.31. The van der Waals surface area contributed by atoms with Crippen molar-refractivity contribution >= 4 is 11.9 Å². The van der Waals surface area contributed by atoms with Gasteiger partial charge in [0.15, 0.2) is 0 Å². The van der Waals surface area contributed by atoms with E-state index in [0.717, 1.165) is 0 Å². The summed E-state index contributed by atoms with van der Waals surface area (Å²) in [6.07, 6.45) is 1.56. The summed E-state index contributed by atoms with van der Waals surface area (Å²) in [5.74, 6) is 5.11. The topological polar surface area (TPSA) is 78.4 Å². The van der Waals surface area contributed by atoms with Gasteiger partial charge < -0.3 is 20.1 Å². The van der Waals surface area contributed by atoms with E-state index >= 15 is 0 Å². The highest BCUT2D eigenvalue weighted by molar-refractivity contribution is 6.31. The Morgan fingerprint density at radius 1 is 1.20 bits per heavy atom. The molecule has 0 aliphatic carbocycles. The van der Waals surface area contributed by atoms with Crippen molar-refractivity contribution in [2.45, 2.75) is 0 Å². The number of hydrogen-bond acceptors (Lipinski definition) is 6. The lowest BCUT2D eigenvalue weighted by Crippen LogP contribution is -2.16. The van der Waals surface area contributed by atoms with Crippen LogP contribution in [0.2, 0.25) is 0 Å². The van der Waals surface area contributed by atoms with Crippen LogP contribution < -0.4 is 5.84 Å². The minimum Gasteiger partial charge on any atom is -0.382 e. The van der Waals surface area contributed by atoms with E-state index in [1.165, 1.54) is 0 Å². The van der Waals surface area contributed by atoms with Gasteiger partial charge in [0.05, 0.1) is 33.0 Å². The molecule has 0 aromatic carbocycles. The van der Waals surface area contributed by atoms with Crippen molar-refractivity contribution in [3.05, 3.63) is 0 Å². The molecule has 0 saturated carbocycles. The van der Waals surface area contributed by atoms with E-state index in [4.69, 9.17) is 20.1 Å². The standard InChI is InChI=1S/C9H19N3O3/c1-11-7-9(12-10)8-15-6-5-14-4-3-13-2/h7H,3-6,8,10H2,1-2H3/b11-7?,12-9+. The molecule has 0 aromatic heterocycles. The normalized spacial score (nSPS) is 12.5. The van der Waals surface area contributed by atoms with Gasteiger partial charge in [0, 0.05) is 20.4 Å². The van der Waals surface area contributed by atoms with Crippen LogP contribution in [0.3, 0.4) is 0 Å². The molecule has 0 saturated heterocycles. The molecule has 0 amide bonds. The number of methoxy groups -OCH3 is 1. The Labute approximate surface area is 90.1 Å². The molecule has 88 valence electrons. The predicted molar refractivity (Wildman–Crippen MR) is 59.6 cm³/mol. The SMILES string of the molecule is CN=C/C(COCCOCCOC)=N\N. The molecular weight excluding hydrogens is 198 g/mol. The summed E-state index contributed by atoms with van der Waals surface area (Å²) in [6.45, 7) is 2.55. The van der Waals surface area contributed by atoms with E-state index in [2.05, 4.69) is 10.1 Å². The van der Waals surface area contributed by atoms with Gasteiger partial charge in [-0.2, -0.15) is 5.10 Å². The smallest absolute Gasteiger partial charge is 0.103 e. The van der Waals surface area contributed by atoms with Gasteiger partial charge in [-0.1, -0.05) is 0 Å². The largest absolute Gasteiger partial charge is 0.382 e. The van der Waals surface area contributed by atoms with Crippen molar-refractivity contribution in [3.8, 4) is 0 Å². The molecule has 0 aliphatic rings. The minimum atomic E-state index is 0.349. The van der Waals surface area contributed by atoms with E-state index in [9.17, 15) is 0 Å². The molecular formula is C9H19N3O3. The van der Waals surface area contributed by atoms with E-state index in [1.807, 2.05) is 0 Å².